The summed E-state index contributed by atoms with van der Waals surface area (Å²) in [5.74, 6) is 0.0837. The average molecular weight is 398 g/mol. The summed E-state index contributed by atoms with van der Waals surface area (Å²) < 4.78 is 8.26. The molecule has 3 aromatic carbocycles. The number of benzene rings is 3. The summed E-state index contributed by atoms with van der Waals surface area (Å²) in [7, 11) is 0. The maximum Gasteiger partial charge on any atom is 0.193 e. The van der Waals surface area contributed by atoms with Crippen LogP contribution in [-0.4, -0.2) is 17.0 Å². The zero-order chi connectivity index (χ0) is 20.7. The van der Waals surface area contributed by atoms with Crippen molar-refractivity contribution in [3.63, 3.8) is 0 Å². The van der Waals surface area contributed by atoms with Gasteiger partial charge in [-0.2, -0.15) is 0 Å². The van der Waals surface area contributed by atoms with E-state index in [4.69, 9.17) is 4.74 Å². The molecule has 30 heavy (non-hydrogen) atoms. The molecule has 1 saturated heterocycles. The molecule has 1 aliphatic heterocycles. The molecule has 0 aliphatic carbocycles. The minimum absolute atomic E-state index is 0.0837. The number of aromatic nitrogens is 1. The Balaban J connectivity index is 1.59. The van der Waals surface area contributed by atoms with Gasteiger partial charge in [-0.05, 0) is 74.6 Å². The summed E-state index contributed by atoms with van der Waals surface area (Å²) >= 11 is 0. The summed E-state index contributed by atoms with van der Waals surface area (Å²) in [6.45, 7) is 5.88. The van der Waals surface area contributed by atoms with Gasteiger partial charge in [-0.3, -0.25) is 4.79 Å². The van der Waals surface area contributed by atoms with E-state index in [1.807, 2.05) is 19.1 Å². The first-order chi connectivity index (χ1) is 14.7. The third kappa shape index (κ3) is 3.14. The summed E-state index contributed by atoms with van der Waals surface area (Å²) in [5.41, 5.74) is 6.04. The van der Waals surface area contributed by atoms with E-state index in [0.717, 1.165) is 53.6 Å². The Labute approximate surface area is 177 Å². The van der Waals surface area contributed by atoms with Crippen LogP contribution in [0.5, 0.6) is 0 Å². The molecule has 0 saturated carbocycles. The van der Waals surface area contributed by atoms with Crippen LogP contribution < -0.4 is 0 Å². The second-order valence-corrected chi connectivity index (χ2v) is 8.25. The normalized spacial score (nSPS) is 16.9. The van der Waals surface area contributed by atoms with Crippen LogP contribution in [0, 0.1) is 6.92 Å². The quantitative estimate of drug-likeness (QED) is 0.364. The second-order valence-electron chi connectivity index (χ2n) is 8.25. The van der Waals surface area contributed by atoms with E-state index in [1.54, 1.807) is 0 Å². The van der Waals surface area contributed by atoms with E-state index < -0.39 is 0 Å². The number of ether oxygens (including phenoxy) is 1. The molecule has 0 amide bonds. The zero-order valence-electron chi connectivity index (χ0n) is 17.7. The highest BCUT2D eigenvalue weighted by Crippen LogP contribution is 2.32. The van der Waals surface area contributed by atoms with Crippen molar-refractivity contribution in [2.45, 2.75) is 45.8 Å². The van der Waals surface area contributed by atoms with Gasteiger partial charge in [-0.15, -0.1) is 0 Å². The maximum absolute atomic E-state index is 13.5. The fourth-order valence-corrected chi connectivity index (χ4v) is 4.78. The molecule has 3 nitrogen and oxygen atoms in total. The van der Waals surface area contributed by atoms with Crippen LogP contribution in [-0.2, 0) is 11.3 Å². The Bertz CT molecular complexity index is 1240. The van der Waals surface area contributed by atoms with Gasteiger partial charge in [0.05, 0.1) is 6.10 Å². The molecule has 1 fully saturated rings. The van der Waals surface area contributed by atoms with Crippen LogP contribution in [0.3, 0.4) is 0 Å². The van der Waals surface area contributed by atoms with E-state index in [9.17, 15) is 4.79 Å². The standard InChI is InChI=1S/C27H27NO2/c1-3-28-24-9-5-4-8-21(24)23-17-20(13-14-25(23)28)27(29)22-16-19(12-11-18(22)2)26-10-6-7-15-30-26/h4-5,8-9,11-14,16-17,26H,3,6-7,10,15H2,1-2H3. The van der Waals surface area contributed by atoms with Crippen LogP contribution in [0.25, 0.3) is 21.8 Å². The highest BCUT2D eigenvalue weighted by molar-refractivity contribution is 6.15. The molecule has 4 aromatic rings. The molecule has 2 heterocycles. The molecule has 152 valence electrons. The van der Waals surface area contributed by atoms with Crippen molar-refractivity contribution >= 4 is 27.6 Å². The molecule has 1 aromatic heterocycles. The van der Waals surface area contributed by atoms with Gasteiger partial charge in [0.15, 0.2) is 5.78 Å². The largest absolute Gasteiger partial charge is 0.374 e. The molecule has 5 rings (SSSR count). The Morgan fingerprint density at radius 2 is 1.83 bits per heavy atom. The molecular formula is C27H27NO2. The van der Waals surface area contributed by atoms with Gasteiger partial charge in [-0.1, -0.05) is 30.3 Å². The number of nitrogens with zero attached hydrogens (tertiary/aromatic N) is 1. The van der Waals surface area contributed by atoms with Crippen molar-refractivity contribution in [3.05, 3.63) is 82.9 Å². The molecule has 1 atom stereocenters. The topological polar surface area (TPSA) is 31.2 Å². The van der Waals surface area contributed by atoms with Crippen molar-refractivity contribution < 1.29 is 9.53 Å². The molecule has 0 bridgehead atoms. The Hall–Kier alpha value is -2.91. The summed E-state index contributed by atoms with van der Waals surface area (Å²) in [6, 6.07) is 20.8. The molecule has 0 N–H and O–H groups in total. The molecular weight excluding hydrogens is 370 g/mol. The highest BCUT2D eigenvalue weighted by atomic mass is 16.5. The molecule has 3 heteroatoms. The Morgan fingerprint density at radius 3 is 2.63 bits per heavy atom. The number of aryl methyl sites for hydroxylation is 2. The number of hydrogen-bond acceptors (Lipinski definition) is 2. The van der Waals surface area contributed by atoms with Crippen LogP contribution in [0.1, 0.15) is 59.3 Å². The fraction of sp³-hybridized carbons (Fsp3) is 0.296. The molecule has 0 radical (unpaired) electrons. The van der Waals surface area contributed by atoms with Gasteiger partial charge in [0.25, 0.3) is 0 Å². The first kappa shape index (κ1) is 19.1. The third-order valence-corrected chi connectivity index (χ3v) is 6.41. The zero-order valence-corrected chi connectivity index (χ0v) is 17.7. The summed E-state index contributed by atoms with van der Waals surface area (Å²) in [6.07, 6.45) is 3.44. The smallest absolute Gasteiger partial charge is 0.193 e. The van der Waals surface area contributed by atoms with E-state index in [1.165, 1.54) is 22.8 Å². The minimum Gasteiger partial charge on any atom is -0.374 e. The highest BCUT2D eigenvalue weighted by Gasteiger charge is 2.20. The number of carbonyl (C=O) groups excluding carboxylic acids is 1. The maximum atomic E-state index is 13.5. The van der Waals surface area contributed by atoms with E-state index in [2.05, 4.69) is 60.0 Å². The number of hydrogen-bond donors (Lipinski definition) is 0. The van der Waals surface area contributed by atoms with E-state index >= 15 is 0 Å². The lowest BCUT2D eigenvalue weighted by Gasteiger charge is -2.23. The van der Waals surface area contributed by atoms with Gasteiger partial charge in [0.1, 0.15) is 0 Å². The van der Waals surface area contributed by atoms with Crippen molar-refractivity contribution in [3.8, 4) is 0 Å². The van der Waals surface area contributed by atoms with Crippen molar-refractivity contribution in [2.75, 3.05) is 6.61 Å². The molecule has 1 aliphatic rings. The van der Waals surface area contributed by atoms with Gasteiger partial charge < -0.3 is 9.30 Å². The predicted octanol–water partition coefficient (Wildman–Crippen LogP) is 6.60. The average Bonchev–Trinajstić information content (AvgIpc) is 3.12. The van der Waals surface area contributed by atoms with Crippen LogP contribution in [0.15, 0.2) is 60.7 Å². The first-order valence-corrected chi connectivity index (χ1v) is 10.9. The monoisotopic (exact) mass is 397 g/mol. The van der Waals surface area contributed by atoms with Crippen molar-refractivity contribution in [2.24, 2.45) is 0 Å². The first-order valence-electron chi connectivity index (χ1n) is 10.9. The lowest BCUT2D eigenvalue weighted by atomic mass is 9.93. The van der Waals surface area contributed by atoms with Gasteiger partial charge in [0, 0.05) is 46.1 Å². The summed E-state index contributed by atoms with van der Waals surface area (Å²) in [4.78, 5) is 13.5. The molecule has 0 spiro atoms. The van der Waals surface area contributed by atoms with Gasteiger partial charge >= 0.3 is 0 Å². The second kappa shape index (κ2) is 7.73. The van der Waals surface area contributed by atoms with Crippen molar-refractivity contribution in [1.29, 1.82) is 0 Å². The summed E-state index contributed by atoms with van der Waals surface area (Å²) in [5, 5.41) is 2.34. The Morgan fingerprint density at radius 1 is 1.00 bits per heavy atom. The predicted molar refractivity (Wildman–Crippen MR) is 122 cm³/mol. The Kier molecular flexibility index (Phi) is 4.92. The lowest BCUT2D eigenvalue weighted by Crippen LogP contribution is -2.13. The number of carbonyl (C=O) groups is 1. The SMILES string of the molecule is CCn1c2ccccc2c2cc(C(=O)c3cc(C4CCCCO4)ccc3C)ccc21. The third-order valence-electron chi connectivity index (χ3n) is 6.41. The van der Waals surface area contributed by atoms with Crippen molar-refractivity contribution in [1.82, 2.24) is 4.57 Å². The lowest BCUT2D eigenvalue weighted by molar-refractivity contribution is 0.0149. The number of rotatable bonds is 4. The number of para-hydroxylation sites is 1. The van der Waals surface area contributed by atoms with Crippen LogP contribution in [0.2, 0.25) is 0 Å². The van der Waals surface area contributed by atoms with E-state index in [-0.39, 0.29) is 11.9 Å². The number of fused-ring (bicyclic) bond motifs is 3. The number of ketones is 1. The van der Waals surface area contributed by atoms with Crippen LogP contribution >= 0.6 is 0 Å². The van der Waals surface area contributed by atoms with Gasteiger partial charge in [-0.25, -0.2) is 0 Å². The fourth-order valence-electron chi connectivity index (χ4n) is 4.78. The molecule has 1 unspecified atom stereocenters. The van der Waals surface area contributed by atoms with E-state index in [0.29, 0.717) is 0 Å². The van der Waals surface area contributed by atoms with Gasteiger partial charge in [0.2, 0.25) is 0 Å². The minimum atomic E-state index is 0.0837. The van der Waals surface area contributed by atoms with Crippen LogP contribution in [0.4, 0.5) is 0 Å².